The van der Waals surface area contributed by atoms with Crippen molar-refractivity contribution < 1.29 is 8.42 Å². The molecule has 1 heterocycles. The van der Waals surface area contributed by atoms with Gasteiger partial charge in [0, 0.05) is 42.4 Å². The second-order valence-electron chi connectivity index (χ2n) is 8.23. The number of rotatable bonds is 4. The van der Waals surface area contributed by atoms with E-state index in [-0.39, 0.29) is 16.4 Å². The van der Waals surface area contributed by atoms with Crippen LogP contribution in [0.25, 0.3) is 0 Å². The molecule has 1 aliphatic rings. The topological polar surface area (TPSA) is 53.0 Å². The molecule has 2 aromatic carbocycles. The molecule has 1 unspecified atom stereocenters. The summed E-state index contributed by atoms with van der Waals surface area (Å²) in [6.45, 7) is 6.16. The third-order valence-electron chi connectivity index (χ3n) is 4.89. The first-order valence-corrected chi connectivity index (χ1v) is 11.0. The van der Waals surface area contributed by atoms with Crippen LogP contribution < -0.4 is 4.90 Å². The van der Waals surface area contributed by atoms with Crippen molar-refractivity contribution in [1.82, 2.24) is 4.41 Å². The summed E-state index contributed by atoms with van der Waals surface area (Å²) in [7, 11) is 0.154. The summed E-state index contributed by atoms with van der Waals surface area (Å²) < 4.78 is 28.0. The maximum absolute atomic E-state index is 13.3. The van der Waals surface area contributed by atoms with E-state index in [0.29, 0.717) is 11.4 Å². The van der Waals surface area contributed by atoms with E-state index < -0.39 is 10.0 Å². The van der Waals surface area contributed by atoms with Gasteiger partial charge in [-0.3, -0.25) is 0 Å². The molecule has 0 saturated carbocycles. The number of hydrogen-bond acceptors (Lipinski definition) is 4. The van der Waals surface area contributed by atoms with Gasteiger partial charge in [0.15, 0.2) is 0 Å². The zero-order valence-electron chi connectivity index (χ0n) is 16.8. The molecule has 0 spiro atoms. The normalized spacial score (nSPS) is 17.6. The van der Waals surface area contributed by atoms with Gasteiger partial charge in [0.1, 0.15) is 0 Å². The first kappa shape index (κ1) is 20.7. The first-order chi connectivity index (χ1) is 13.0. The van der Waals surface area contributed by atoms with Crippen molar-refractivity contribution >= 4 is 33.0 Å². The highest BCUT2D eigenvalue weighted by atomic mass is 35.5. The molecule has 0 fully saturated rings. The highest BCUT2D eigenvalue weighted by molar-refractivity contribution is 7.89. The van der Waals surface area contributed by atoms with Crippen molar-refractivity contribution in [2.75, 3.05) is 19.0 Å². The molecule has 0 amide bonds. The molecule has 0 aliphatic carbocycles. The van der Waals surface area contributed by atoms with Crippen LogP contribution in [0.4, 0.5) is 5.69 Å². The second kappa shape index (κ2) is 7.41. The van der Waals surface area contributed by atoms with Gasteiger partial charge in [0.25, 0.3) is 10.0 Å². The van der Waals surface area contributed by atoms with Crippen LogP contribution in [-0.4, -0.2) is 32.6 Å². The lowest BCUT2D eigenvalue weighted by Gasteiger charge is -2.24. The van der Waals surface area contributed by atoms with Crippen molar-refractivity contribution in [1.29, 1.82) is 0 Å². The van der Waals surface area contributed by atoms with Crippen LogP contribution in [-0.2, 0) is 10.0 Å². The molecule has 0 radical (unpaired) electrons. The Kier molecular flexibility index (Phi) is 5.47. The maximum Gasteiger partial charge on any atom is 0.279 e. The lowest BCUT2D eigenvalue weighted by Crippen LogP contribution is -2.27. The minimum Gasteiger partial charge on any atom is -0.378 e. The molecule has 1 aliphatic heterocycles. The smallest absolute Gasteiger partial charge is 0.279 e. The number of anilines is 1. The fraction of sp³-hybridized carbons (Fsp3) is 0.381. The van der Waals surface area contributed by atoms with E-state index in [2.05, 4.69) is 25.9 Å². The summed E-state index contributed by atoms with van der Waals surface area (Å²) >= 11 is 5.93. The third-order valence-corrected chi connectivity index (χ3v) is 6.84. The lowest BCUT2D eigenvalue weighted by molar-refractivity contribution is 0.371. The number of sulfonamides is 1. The Bertz CT molecular complexity index is 976. The fourth-order valence-electron chi connectivity index (χ4n) is 3.12. The van der Waals surface area contributed by atoms with E-state index >= 15 is 0 Å². The molecule has 0 bridgehead atoms. The van der Waals surface area contributed by atoms with Gasteiger partial charge >= 0.3 is 0 Å². The number of nitrogens with zero attached hydrogens (tertiary/aromatic N) is 3. The largest absolute Gasteiger partial charge is 0.378 e. The van der Waals surface area contributed by atoms with Gasteiger partial charge in [-0.15, -0.1) is 0 Å². The van der Waals surface area contributed by atoms with Gasteiger partial charge < -0.3 is 4.90 Å². The molecule has 3 rings (SSSR count). The summed E-state index contributed by atoms with van der Waals surface area (Å²) in [5.74, 6) is 0. The highest BCUT2D eigenvalue weighted by Gasteiger charge is 2.40. The van der Waals surface area contributed by atoms with E-state index in [4.69, 9.17) is 11.6 Å². The standard InChI is InChI=1S/C21H26ClN3O2S/c1-21(2,3)20-14-19(15-6-10-17(11-7-15)24(4)5)25(23-20)28(26,27)18-12-8-16(22)9-13-18/h6-13,19H,14H2,1-5H3. The van der Waals surface area contributed by atoms with E-state index in [9.17, 15) is 8.42 Å². The molecule has 5 nitrogen and oxygen atoms in total. The number of benzene rings is 2. The van der Waals surface area contributed by atoms with Crippen LogP contribution in [0.2, 0.25) is 5.02 Å². The Hall–Kier alpha value is -2.05. The summed E-state index contributed by atoms with van der Waals surface area (Å²) in [5.41, 5.74) is 2.63. The van der Waals surface area contributed by atoms with Gasteiger partial charge in [-0.25, -0.2) is 0 Å². The molecule has 0 N–H and O–H groups in total. The van der Waals surface area contributed by atoms with Crippen molar-refractivity contribution in [3.05, 3.63) is 59.1 Å². The Labute approximate surface area is 172 Å². The Morgan fingerprint density at radius 2 is 1.61 bits per heavy atom. The van der Waals surface area contributed by atoms with Crippen molar-refractivity contribution in [2.45, 2.75) is 38.1 Å². The van der Waals surface area contributed by atoms with Crippen molar-refractivity contribution in [2.24, 2.45) is 10.5 Å². The van der Waals surface area contributed by atoms with Crippen molar-refractivity contribution in [3.63, 3.8) is 0 Å². The first-order valence-electron chi connectivity index (χ1n) is 9.15. The summed E-state index contributed by atoms with van der Waals surface area (Å²) in [6.07, 6.45) is 0.567. The molecular weight excluding hydrogens is 394 g/mol. The predicted molar refractivity (Wildman–Crippen MR) is 115 cm³/mol. The number of halogens is 1. The molecule has 7 heteroatoms. The molecule has 0 saturated heterocycles. The van der Waals surface area contributed by atoms with Crippen LogP contribution in [0.1, 0.15) is 38.8 Å². The minimum absolute atomic E-state index is 0.186. The maximum atomic E-state index is 13.3. The third kappa shape index (κ3) is 4.03. The molecule has 0 aromatic heterocycles. The SMILES string of the molecule is CN(C)c1ccc(C2CC(C(C)(C)C)=NN2S(=O)(=O)c2ccc(Cl)cc2)cc1. The van der Waals surface area contributed by atoms with Gasteiger partial charge in [0.05, 0.1) is 10.9 Å². The minimum atomic E-state index is -3.80. The lowest BCUT2D eigenvalue weighted by atomic mass is 9.86. The summed E-state index contributed by atoms with van der Waals surface area (Å²) in [5, 5.41) is 5.06. The van der Waals surface area contributed by atoms with Crippen LogP contribution >= 0.6 is 11.6 Å². The van der Waals surface area contributed by atoms with Crippen LogP contribution in [0, 0.1) is 5.41 Å². The molecule has 2 aromatic rings. The van der Waals surface area contributed by atoms with Gasteiger partial charge in [-0.1, -0.05) is 44.5 Å². The van der Waals surface area contributed by atoms with E-state index in [1.807, 2.05) is 43.3 Å². The van der Waals surface area contributed by atoms with E-state index in [1.165, 1.54) is 16.5 Å². The van der Waals surface area contributed by atoms with E-state index in [0.717, 1.165) is 17.0 Å². The predicted octanol–water partition coefficient (Wildman–Crippen LogP) is 4.94. The quantitative estimate of drug-likeness (QED) is 0.704. The Morgan fingerprint density at radius 1 is 1.04 bits per heavy atom. The zero-order valence-corrected chi connectivity index (χ0v) is 18.4. The molecule has 28 heavy (non-hydrogen) atoms. The molecular formula is C21H26ClN3O2S. The zero-order chi connectivity index (χ0) is 20.7. The van der Waals surface area contributed by atoms with Crippen LogP contribution in [0.15, 0.2) is 58.5 Å². The number of hydrazone groups is 1. The van der Waals surface area contributed by atoms with Gasteiger partial charge in [-0.05, 0) is 42.0 Å². The Balaban J connectivity index is 2.05. The molecule has 1 atom stereocenters. The van der Waals surface area contributed by atoms with Crippen LogP contribution in [0.5, 0.6) is 0 Å². The number of hydrogen-bond donors (Lipinski definition) is 0. The van der Waals surface area contributed by atoms with Gasteiger partial charge in [0.2, 0.25) is 0 Å². The van der Waals surface area contributed by atoms with Gasteiger partial charge in [-0.2, -0.15) is 17.9 Å². The Morgan fingerprint density at radius 3 is 2.11 bits per heavy atom. The van der Waals surface area contributed by atoms with E-state index in [1.54, 1.807) is 12.1 Å². The molecule has 150 valence electrons. The average Bonchev–Trinajstić information content (AvgIpc) is 3.09. The van der Waals surface area contributed by atoms with Crippen LogP contribution in [0.3, 0.4) is 0 Å². The summed E-state index contributed by atoms with van der Waals surface area (Å²) in [4.78, 5) is 2.20. The second-order valence-corrected chi connectivity index (χ2v) is 10.5. The fourth-order valence-corrected chi connectivity index (χ4v) is 4.68. The monoisotopic (exact) mass is 419 g/mol. The average molecular weight is 420 g/mol. The van der Waals surface area contributed by atoms with Crippen molar-refractivity contribution in [3.8, 4) is 0 Å². The summed E-state index contributed by atoms with van der Waals surface area (Å²) in [6, 6.07) is 13.8. The highest BCUT2D eigenvalue weighted by Crippen LogP contribution is 2.40.